The molecule has 9 nitrogen and oxygen atoms in total. The molecular formula is C22H29N3O6. The lowest BCUT2D eigenvalue weighted by Crippen LogP contribution is -2.57. The fourth-order valence-electron chi connectivity index (χ4n) is 4.77. The zero-order chi connectivity index (χ0) is 22.0. The second kappa shape index (κ2) is 8.84. The number of likely N-dealkylation sites (tertiary alicyclic amines) is 1. The van der Waals surface area contributed by atoms with Crippen LogP contribution >= 0.6 is 0 Å². The molecule has 3 amide bonds. The molecule has 168 valence electrons. The van der Waals surface area contributed by atoms with Gasteiger partial charge in [-0.2, -0.15) is 0 Å². The summed E-state index contributed by atoms with van der Waals surface area (Å²) in [6.45, 7) is 3.16. The van der Waals surface area contributed by atoms with E-state index >= 15 is 0 Å². The molecule has 1 spiro atoms. The van der Waals surface area contributed by atoms with Gasteiger partial charge in [-0.1, -0.05) is 12.1 Å². The standard InChI is InChI=1S/C22H29N3O6/c1-29-12-10-25-21(28)24(15-19(26)30-2)20(27)22(25)6-8-23(9-7-22)14-16-3-4-18-17(13-16)5-11-31-18/h3-4,13H,5-12,14-15H2,1-2H3. The number of nitrogens with zero attached hydrogens (tertiary/aromatic N) is 3. The second-order valence-corrected chi connectivity index (χ2v) is 8.24. The van der Waals surface area contributed by atoms with Crippen molar-refractivity contribution < 1.29 is 28.6 Å². The van der Waals surface area contributed by atoms with Gasteiger partial charge in [0.05, 0.1) is 20.3 Å². The molecule has 0 aromatic heterocycles. The van der Waals surface area contributed by atoms with Crippen LogP contribution in [0.1, 0.15) is 24.0 Å². The summed E-state index contributed by atoms with van der Waals surface area (Å²) in [7, 11) is 2.81. The molecule has 0 saturated carbocycles. The first-order valence-electron chi connectivity index (χ1n) is 10.6. The van der Waals surface area contributed by atoms with Crippen molar-refractivity contribution in [3.05, 3.63) is 29.3 Å². The molecule has 0 unspecified atom stereocenters. The van der Waals surface area contributed by atoms with Crippen molar-refractivity contribution in [2.24, 2.45) is 0 Å². The molecule has 2 fully saturated rings. The van der Waals surface area contributed by atoms with Crippen molar-refractivity contribution >= 4 is 17.9 Å². The van der Waals surface area contributed by atoms with Gasteiger partial charge in [0.15, 0.2) is 0 Å². The first-order valence-corrected chi connectivity index (χ1v) is 10.6. The quantitative estimate of drug-likeness (QED) is 0.471. The first kappa shape index (κ1) is 21.6. The summed E-state index contributed by atoms with van der Waals surface area (Å²) < 4.78 is 15.4. The van der Waals surface area contributed by atoms with E-state index in [1.807, 2.05) is 6.07 Å². The number of imide groups is 1. The third kappa shape index (κ3) is 3.99. The first-order chi connectivity index (χ1) is 15.0. The molecule has 0 radical (unpaired) electrons. The van der Waals surface area contributed by atoms with Gasteiger partial charge in [0.1, 0.15) is 17.8 Å². The van der Waals surface area contributed by atoms with Gasteiger partial charge in [-0.15, -0.1) is 0 Å². The van der Waals surface area contributed by atoms with E-state index in [9.17, 15) is 14.4 Å². The summed E-state index contributed by atoms with van der Waals surface area (Å²) >= 11 is 0. The third-order valence-electron chi connectivity index (χ3n) is 6.50. The molecule has 1 aromatic rings. The Bertz CT molecular complexity index is 865. The van der Waals surface area contributed by atoms with Crippen LogP contribution in [0.5, 0.6) is 5.75 Å². The minimum absolute atomic E-state index is 0.309. The van der Waals surface area contributed by atoms with E-state index in [-0.39, 0.29) is 12.5 Å². The molecular weight excluding hydrogens is 402 g/mol. The SMILES string of the molecule is COCCN1C(=O)N(CC(=O)OC)C(=O)C12CCN(Cc1ccc3c(c1)CCO3)CC2. The topological polar surface area (TPSA) is 88.6 Å². The largest absolute Gasteiger partial charge is 0.493 e. The number of carbonyl (C=O) groups is 3. The van der Waals surface area contributed by atoms with Crippen LogP contribution in [-0.2, 0) is 32.0 Å². The third-order valence-corrected chi connectivity index (χ3v) is 6.50. The Morgan fingerprint density at radius 1 is 1.19 bits per heavy atom. The number of benzene rings is 1. The van der Waals surface area contributed by atoms with Gasteiger partial charge >= 0.3 is 12.0 Å². The Morgan fingerprint density at radius 3 is 2.68 bits per heavy atom. The van der Waals surface area contributed by atoms with E-state index in [4.69, 9.17) is 9.47 Å². The average molecular weight is 431 g/mol. The molecule has 9 heteroatoms. The van der Waals surface area contributed by atoms with E-state index in [1.54, 1.807) is 12.0 Å². The van der Waals surface area contributed by atoms with Crippen LogP contribution in [0.3, 0.4) is 0 Å². The summed E-state index contributed by atoms with van der Waals surface area (Å²) in [5.41, 5.74) is 1.54. The van der Waals surface area contributed by atoms with Crippen molar-refractivity contribution in [3.63, 3.8) is 0 Å². The number of rotatable bonds is 7. The molecule has 31 heavy (non-hydrogen) atoms. The molecule has 3 heterocycles. The zero-order valence-corrected chi connectivity index (χ0v) is 18.1. The van der Waals surface area contributed by atoms with Gasteiger partial charge in [0.2, 0.25) is 0 Å². The maximum absolute atomic E-state index is 13.3. The molecule has 4 rings (SSSR count). The lowest BCUT2D eigenvalue weighted by molar-refractivity contribution is -0.146. The fourth-order valence-corrected chi connectivity index (χ4v) is 4.77. The van der Waals surface area contributed by atoms with E-state index in [1.165, 1.54) is 18.2 Å². The number of amides is 3. The van der Waals surface area contributed by atoms with Crippen LogP contribution in [0.25, 0.3) is 0 Å². The Balaban J connectivity index is 1.46. The summed E-state index contributed by atoms with van der Waals surface area (Å²) in [5.74, 6) is 0.0488. The highest BCUT2D eigenvalue weighted by Gasteiger charge is 2.58. The van der Waals surface area contributed by atoms with Crippen molar-refractivity contribution in [2.45, 2.75) is 31.3 Å². The zero-order valence-electron chi connectivity index (χ0n) is 18.1. The average Bonchev–Trinajstić information content (AvgIpc) is 3.31. The molecule has 1 aromatic carbocycles. The Labute approximate surface area is 181 Å². The summed E-state index contributed by atoms with van der Waals surface area (Å²) in [6.07, 6.45) is 1.98. The number of urea groups is 1. The van der Waals surface area contributed by atoms with Gasteiger partial charge in [-0.25, -0.2) is 4.79 Å². The van der Waals surface area contributed by atoms with E-state index in [0.717, 1.165) is 30.2 Å². The molecule has 2 saturated heterocycles. The van der Waals surface area contributed by atoms with Crippen LogP contribution in [0, 0.1) is 0 Å². The smallest absolute Gasteiger partial charge is 0.328 e. The number of hydrogen-bond donors (Lipinski definition) is 0. The lowest BCUT2D eigenvalue weighted by atomic mass is 9.85. The van der Waals surface area contributed by atoms with Crippen LogP contribution < -0.4 is 4.74 Å². The number of fused-ring (bicyclic) bond motifs is 1. The van der Waals surface area contributed by atoms with Crippen LogP contribution in [0.15, 0.2) is 18.2 Å². The maximum atomic E-state index is 13.3. The Kier molecular flexibility index (Phi) is 6.15. The monoisotopic (exact) mass is 431 g/mol. The summed E-state index contributed by atoms with van der Waals surface area (Å²) in [5, 5.41) is 0. The predicted molar refractivity (Wildman–Crippen MR) is 111 cm³/mol. The normalized spacial score (nSPS) is 20.3. The highest BCUT2D eigenvalue weighted by Crippen LogP contribution is 2.37. The molecule has 0 N–H and O–H groups in total. The van der Waals surface area contributed by atoms with Gasteiger partial charge in [-0.3, -0.25) is 19.4 Å². The van der Waals surface area contributed by atoms with Gasteiger partial charge in [0.25, 0.3) is 5.91 Å². The lowest BCUT2D eigenvalue weighted by Gasteiger charge is -2.42. The van der Waals surface area contributed by atoms with Gasteiger partial charge in [0, 0.05) is 39.7 Å². The van der Waals surface area contributed by atoms with E-state index in [0.29, 0.717) is 39.1 Å². The maximum Gasteiger partial charge on any atom is 0.328 e. The number of carbonyl (C=O) groups excluding carboxylic acids is 3. The van der Waals surface area contributed by atoms with Gasteiger partial charge in [-0.05, 0) is 30.0 Å². The fraction of sp³-hybridized carbons (Fsp3) is 0.591. The van der Waals surface area contributed by atoms with Crippen molar-refractivity contribution in [3.8, 4) is 5.75 Å². The van der Waals surface area contributed by atoms with E-state index in [2.05, 4.69) is 21.8 Å². The number of hydrogen-bond acceptors (Lipinski definition) is 7. The van der Waals surface area contributed by atoms with Crippen molar-refractivity contribution in [1.29, 1.82) is 0 Å². The Hall–Kier alpha value is -2.65. The van der Waals surface area contributed by atoms with Crippen LogP contribution in [-0.4, -0.2) is 91.8 Å². The van der Waals surface area contributed by atoms with Crippen molar-refractivity contribution in [1.82, 2.24) is 14.7 Å². The number of piperidine rings is 1. The molecule has 0 bridgehead atoms. The molecule has 3 aliphatic rings. The Morgan fingerprint density at radius 2 is 1.97 bits per heavy atom. The van der Waals surface area contributed by atoms with Crippen LogP contribution in [0.2, 0.25) is 0 Å². The predicted octanol–water partition coefficient (Wildman–Crippen LogP) is 1.04. The minimum Gasteiger partial charge on any atom is -0.493 e. The van der Waals surface area contributed by atoms with Crippen molar-refractivity contribution in [2.75, 3.05) is 53.6 Å². The van der Waals surface area contributed by atoms with Crippen LogP contribution in [0.4, 0.5) is 4.79 Å². The highest BCUT2D eigenvalue weighted by molar-refractivity contribution is 6.08. The second-order valence-electron chi connectivity index (χ2n) is 8.24. The molecule has 0 atom stereocenters. The molecule has 3 aliphatic heterocycles. The molecule has 0 aliphatic carbocycles. The number of esters is 1. The van der Waals surface area contributed by atoms with Gasteiger partial charge < -0.3 is 19.1 Å². The number of methoxy groups -OCH3 is 2. The van der Waals surface area contributed by atoms with E-state index < -0.39 is 17.5 Å². The highest BCUT2D eigenvalue weighted by atomic mass is 16.5. The minimum atomic E-state index is -0.925. The number of ether oxygens (including phenoxy) is 3. The summed E-state index contributed by atoms with van der Waals surface area (Å²) in [4.78, 5) is 42.9. The summed E-state index contributed by atoms with van der Waals surface area (Å²) in [6, 6.07) is 5.86.